The third kappa shape index (κ3) is 3.39. The standard InChI is InChI=1S/C22H30O2/c1-3-17-4-6-21(7-5-17)24-16(2)23-9-8-22-13-18-10-19(14-22)12-20(11-18)15-22/h3-7,16,18-20H,1,8-15H2,2H3. The molecule has 5 rings (SSSR count). The van der Waals surface area contributed by atoms with Crippen molar-refractivity contribution in [2.75, 3.05) is 6.61 Å². The first kappa shape index (κ1) is 16.2. The molecule has 0 saturated heterocycles. The molecular weight excluding hydrogens is 296 g/mol. The average molecular weight is 326 g/mol. The highest BCUT2D eigenvalue weighted by atomic mass is 16.7. The monoisotopic (exact) mass is 326 g/mol. The van der Waals surface area contributed by atoms with Crippen molar-refractivity contribution in [3.63, 3.8) is 0 Å². The maximum atomic E-state index is 6.00. The summed E-state index contributed by atoms with van der Waals surface area (Å²) < 4.78 is 11.9. The number of rotatable bonds is 7. The lowest BCUT2D eigenvalue weighted by Crippen LogP contribution is -2.46. The summed E-state index contributed by atoms with van der Waals surface area (Å²) in [7, 11) is 0. The summed E-state index contributed by atoms with van der Waals surface area (Å²) in [6, 6.07) is 8.00. The summed E-state index contributed by atoms with van der Waals surface area (Å²) in [6.07, 6.45) is 11.8. The molecule has 2 heteroatoms. The second-order valence-corrected chi connectivity index (χ2v) is 8.50. The molecule has 4 fully saturated rings. The molecule has 0 radical (unpaired) electrons. The van der Waals surface area contributed by atoms with Gasteiger partial charge in [0.15, 0.2) is 6.29 Å². The maximum absolute atomic E-state index is 6.00. The highest BCUT2D eigenvalue weighted by Crippen LogP contribution is 2.61. The third-order valence-corrected chi connectivity index (χ3v) is 6.57. The van der Waals surface area contributed by atoms with E-state index < -0.39 is 0 Å². The molecule has 4 saturated carbocycles. The first-order valence-corrected chi connectivity index (χ1v) is 9.65. The van der Waals surface area contributed by atoms with E-state index in [-0.39, 0.29) is 6.29 Å². The zero-order valence-electron chi connectivity index (χ0n) is 14.9. The molecular formula is C22H30O2. The van der Waals surface area contributed by atoms with Gasteiger partial charge in [0.05, 0.1) is 6.61 Å². The number of benzene rings is 1. The van der Waals surface area contributed by atoms with Gasteiger partial charge >= 0.3 is 0 Å². The molecule has 0 spiro atoms. The highest BCUT2D eigenvalue weighted by molar-refractivity contribution is 5.48. The van der Waals surface area contributed by atoms with Gasteiger partial charge in [-0.25, -0.2) is 0 Å². The summed E-state index contributed by atoms with van der Waals surface area (Å²) in [4.78, 5) is 0. The molecule has 1 atom stereocenters. The van der Waals surface area contributed by atoms with E-state index in [2.05, 4.69) is 6.58 Å². The summed E-state index contributed by atoms with van der Waals surface area (Å²) >= 11 is 0. The average Bonchev–Trinajstić information content (AvgIpc) is 2.54. The minimum absolute atomic E-state index is 0.187. The maximum Gasteiger partial charge on any atom is 0.196 e. The van der Waals surface area contributed by atoms with Crippen LogP contribution in [0.2, 0.25) is 0 Å². The smallest absolute Gasteiger partial charge is 0.196 e. The molecule has 2 nitrogen and oxygen atoms in total. The lowest BCUT2D eigenvalue weighted by Gasteiger charge is -2.57. The van der Waals surface area contributed by atoms with Gasteiger partial charge in [-0.05, 0) is 92.7 Å². The molecule has 24 heavy (non-hydrogen) atoms. The van der Waals surface area contributed by atoms with E-state index in [4.69, 9.17) is 9.47 Å². The van der Waals surface area contributed by atoms with E-state index in [9.17, 15) is 0 Å². The summed E-state index contributed by atoms with van der Waals surface area (Å²) in [5, 5.41) is 0. The molecule has 0 N–H and O–H groups in total. The van der Waals surface area contributed by atoms with Crippen LogP contribution in [0, 0.1) is 23.2 Å². The van der Waals surface area contributed by atoms with Crippen LogP contribution in [-0.2, 0) is 4.74 Å². The Labute approximate surface area is 146 Å². The van der Waals surface area contributed by atoms with Crippen LogP contribution in [0.1, 0.15) is 57.4 Å². The van der Waals surface area contributed by atoms with Gasteiger partial charge in [0.2, 0.25) is 0 Å². The van der Waals surface area contributed by atoms with Crippen molar-refractivity contribution in [3.05, 3.63) is 36.4 Å². The van der Waals surface area contributed by atoms with E-state index >= 15 is 0 Å². The van der Waals surface area contributed by atoms with Crippen LogP contribution in [0.25, 0.3) is 6.08 Å². The molecule has 130 valence electrons. The minimum Gasteiger partial charge on any atom is -0.465 e. The highest BCUT2D eigenvalue weighted by Gasteiger charge is 2.50. The number of hydrogen-bond donors (Lipinski definition) is 0. The molecule has 4 bridgehead atoms. The Morgan fingerprint density at radius 3 is 2.21 bits per heavy atom. The lowest BCUT2D eigenvalue weighted by atomic mass is 9.49. The van der Waals surface area contributed by atoms with Crippen LogP contribution >= 0.6 is 0 Å². The van der Waals surface area contributed by atoms with Crippen LogP contribution < -0.4 is 4.74 Å². The van der Waals surface area contributed by atoms with E-state index in [1.807, 2.05) is 37.3 Å². The first-order valence-electron chi connectivity index (χ1n) is 9.65. The molecule has 1 aromatic carbocycles. The third-order valence-electron chi connectivity index (χ3n) is 6.57. The molecule has 0 aromatic heterocycles. The zero-order valence-corrected chi connectivity index (χ0v) is 14.9. The largest absolute Gasteiger partial charge is 0.465 e. The van der Waals surface area contributed by atoms with E-state index in [1.165, 1.54) is 44.9 Å². The molecule has 0 heterocycles. The quantitative estimate of drug-likeness (QED) is 0.600. The van der Waals surface area contributed by atoms with E-state index in [0.29, 0.717) is 5.41 Å². The number of hydrogen-bond acceptors (Lipinski definition) is 2. The lowest BCUT2D eigenvalue weighted by molar-refractivity contribution is -0.104. The predicted molar refractivity (Wildman–Crippen MR) is 97.8 cm³/mol. The molecule has 1 aromatic rings. The van der Waals surface area contributed by atoms with Gasteiger partial charge in [-0.3, -0.25) is 0 Å². The van der Waals surface area contributed by atoms with Crippen LogP contribution in [0.3, 0.4) is 0 Å². The second-order valence-electron chi connectivity index (χ2n) is 8.50. The fourth-order valence-corrected chi connectivity index (χ4v) is 5.95. The van der Waals surface area contributed by atoms with Crippen molar-refractivity contribution < 1.29 is 9.47 Å². The summed E-state index contributed by atoms with van der Waals surface area (Å²) in [5.41, 5.74) is 1.71. The Bertz CT molecular complexity index is 539. The number of ether oxygens (including phenoxy) is 2. The van der Waals surface area contributed by atoms with Crippen LogP contribution in [-0.4, -0.2) is 12.9 Å². The summed E-state index contributed by atoms with van der Waals surface area (Å²) in [5.74, 6) is 3.93. The molecule has 0 aliphatic heterocycles. The Balaban J connectivity index is 1.25. The van der Waals surface area contributed by atoms with Gasteiger partial charge in [-0.15, -0.1) is 0 Å². The van der Waals surface area contributed by atoms with Gasteiger partial charge < -0.3 is 9.47 Å². The van der Waals surface area contributed by atoms with E-state index in [0.717, 1.165) is 35.7 Å². The van der Waals surface area contributed by atoms with Crippen LogP contribution in [0.4, 0.5) is 0 Å². The Kier molecular flexibility index (Phi) is 4.42. The molecule has 4 aliphatic carbocycles. The fourth-order valence-electron chi connectivity index (χ4n) is 5.95. The van der Waals surface area contributed by atoms with Gasteiger partial charge in [0, 0.05) is 0 Å². The van der Waals surface area contributed by atoms with Gasteiger partial charge in [-0.2, -0.15) is 0 Å². The Morgan fingerprint density at radius 1 is 1.08 bits per heavy atom. The molecule has 0 amide bonds. The van der Waals surface area contributed by atoms with Crippen molar-refractivity contribution in [1.29, 1.82) is 0 Å². The normalized spacial score (nSPS) is 35.0. The van der Waals surface area contributed by atoms with Crippen molar-refractivity contribution in [2.24, 2.45) is 23.2 Å². The van der Waals surface area contributed by atoms with Crippen LogP contribution in [0.15, 0.2) is 30.8 Å². The molecule has 1 unspecified atom stereocenters. The van der Waals surface area contributed by atoms with Gasteiger partial charge in [0.1, 0.15) is 5.75 Å². The second kappa shape index (κ2) is 6.55. The molecule has 4 aliphatic rings. The van der Waals surface area contributed by atoms with Crippen molar-refractivity contribution in [1.82, 2.24) is 0 Å². The van der Waals surface area contributed by atoms with Crippen molar-refractivity contribution in [3.8, 4) is 5.75 Å². The predicted octanol–water partition coefficient (Wildman–Crippen LogP) is 5.68. The Hall–Kier alpha value is -1.28. The summed E-state index contributed by atoms with van der Waals surface area (Å²) in [6.45, 7) is 6.61. The van der Waals surface area contributed by atoms with Crippen molar-refractivity contribution >= 4 is 6.08 Å². The Morgan fingerprint density at radius 2 is 1.67 bits per heavy atom. The van der Waals surface area contributed by atoms with Gasteiger partial charge in [-0.1, -0.05) is 24.8 Å². The topological polar surface area (TPSA) is 18.5 Å². The zero-order chi connectivity index (χ0) is 16.6. The fraction of sp³-hybridized carbons (Fsp3) is 0.636. The van der Waals surface area contributed by atoms with Gasteiger partial charge in [0.25, 0.3) is 0 Å². The van der Waals surface area contributed by atoms with Crippen molar-refractivity contribution in [2.45, 2.75) is 58.2 Å². The first-order chi connectivity index (χ1) is 11.6. The SMILES string of the molecule is C=Cc1ccc(OC(C)OCCC23CC4CC(CC(C4)C2)C3)cc1. The minimum atomic E-state index is -0.187. The van der Waals surface area contributed by atoms with Crippen LogP contribution in [0.5, 0.6) is 5.75 Å². The van der Waals surface area contributed by atoms with E-state index in [1.54, 1.807) is 0 Å².